The minimum atomic E-state index is -0.314. The SMILES string of the molecule is Cn1cc(Cl)c(C(=O)C=Cc2ccc(F)cc2)n1. The lowest BCUT2D eigenvalue weighted by Crippen LogP contribution is -1.98. The molecule has 2 rings (SSSR count). The maximum Gasteiger partial charge on any atom is 0.207 e. The fraction of sp³-hybridized carbons (Fsp3) is 0.0769. The van der Waals surface area contributed by atoms with Crippen LogP contribution in [0.2, 0.25) is 5.02 Å². The number of rotatable bonds is 3. The van der Waals surface area contributed by atoms with Crippen molar-refractivity contribution in [3.05, 3.63) is 58.6 Å². The third kappa shape index (κ3) is 2.84. The van der Waals surface area contributed by atoms with Crippen LogP contribution in [0.15, 0.2) is 36.5 Å². The van der Waals surface area contributed by atoms with Gasteiger partial charge in [-0.15, -0.1) is 0 Å². The van der Waals surface area contributed by atoms with Crippen molar-refractivity contribution in [1.29, 1.82) is 0 Å². The van der Waals surface area contributed by atoms with Gasteiger partial charge in [-0.25, -0.2) is 4.39 Å². The summed E-state index contributed by atoms with van der Waals surface area (Å²) < 4.78 is 14.2. The zero-order valence-corrected chi connectivity index (χ0v) is 10.4. The van der Waals surface area contributed by atoms with Crippen molar-refractivity contribution in [2.75, 3.05) is 0 Å². The van der Waals surface area contributed by atoms with E-state index in [-0.39, 0.29) is 17.3 Å². The molecular weight excluding hydrogens is 255 g/mol. The maximum absolute atomic E-state index is 12.7. The van der Waals surface area contributed by atoms with Gasteiger partial charge in [0.25, 0.3) is 0 Å². The number of carbonyl (C=O) groups excluding carboxylic acids is 1. The maximum atomic E-state index is 12.7. The van der Waals surface area contributed by atoms with Crippen molar-refractivity contribution in [2.24, 2.45) is 7.05 Å². The molecule has 0 aliphatic carbocycles. The van der Waals surface area contributed by atoms with Gasteiger partial charge in [0.2, 0.25) is 5.78 Å². The van der Waals surface area contributed by atoms with Crippen molar-refractivity contribution in [3.63, 3.8) is 0 Å². The van der Waals surface area contributed by atoms with Gasteiger partial charge in [0.05, 0.1) is 5.02 Å². The van der Waals surface area contributed by atoms with E-state index >= 15 is 0 Å². The van der Waals surface area contributed by atoms with Gasteiger partial charge < -0.3 is 0 Å². The Bertz CT molecular complexity index is 602. The number of aryl methyl sites for hydroxylation is 1. The number of halogens is 2. The molecule has 5 heteroatoms. The number of hydrogen-bond donors (Lipinski definition) is 0. The topological polar surface area (TPSA) is 34.9 Å². The molecule has 0 saturated heterocycles. The van der Waals surface area contributed by atoms with Gasteiger partial charge in [-0.1, -0.05) is 29.8 Å². The lowest BCUT2D eigenvalue weighted by molar-refractivity contribution is 0.104. The molecule has 2 aromatic rings. The van der Waals surface area contributed by atoms with Crippen LogP contribution in [0.25, 0.3) is 6.08 Å². The molecule has 0 atom stereocenters. The molecule has 18 heavy (non-hydrogen) atoms. The molecule has 1 aromatic heterocycles. The summed E-state index contributed by atoms with van der Waals surface area (Å²) in [5.74, 6) is -0.601. The molecule has 92 valence electrons. The molecule has 0 bridgehead atoms. The van der Waals surface area contributed by atoms with Gasteiger partial charge in [0.1, 0.15) is 5.82 Å². The monoisotopic (exact) mass is 264 g/mol. The summed E-state index contributed by atoms with van der Waals surface area (Å²) in [7, 11) is 1.69. The van der Waals surface area contributed by atoms with E-state index in [2.05, 4.69) is 5.10 Å². The molecule has 0 unspecified atom stereocenters. The molecular formula is C13H10ClFN2O. The number of aromatic nitrogens is 2. The van der Waals surface area contributed by atoms with Crippen molar-refractivity contribution >= 4 is 23.5 Å². The molecule has 0 spiro atoms. The van der Waals surface area contributed by atoms with E-state index in [9.17, 15) is 9.18 Å². The molecule has 0 fully saturated rings. The number of allylic oxidation sites excluding steroid dienone is 1. The summed E-state index contributed by atoms with van der Waals surface area (Å²) in [4.78, 5) is 11.8. The van der Waals surface area contributed by atoms with E-state index in [0.717, 1.165) is 5.56 Å². The minimum Gasteiger partial charge on any atom is -0.287 e. The molecule has 0 aliphatic heterocycles. The predicted molar refractivity (Wildman–Crippen MR) is 68.0 cm³/mol. The van der Waals surface area contributed by atoms with E-state index in [1.807, 2.05) is 0 Å². The van der Waals surface area contributed by atoms with Crippen LogP contribution in [0, 0.1) is 5.82 Å². The van der Waals surface area contributed by atoms with Gasteiger partial charge in [0.15, 0.2) is 5.69 Å². The quantitative estimate of drug-likeness (QED) is 0.631. The number of ketones is 1. The Labute approximate surface area is 108 Å². The van der Waals surface area contributed by atoms with Crippen LogP contribution in [0.5, 0.6) is 0 Å². The second-order valence-electron chi connectivity index (χ2n) is 3.75. The second-order valence-corrected chi connectivity index (χ2v) is 4.16. The summed E-state index contributed by atoms with van der Waals surface area (Å²) in [5.41, 5.74) is 0.939. The van der Waals surface area contributed by atoms with E-state index in [1.54, 1.807) is 31.5 Å². The Kier molecular flexibility index (Phi) is 3.58. The highest BCUT2D eigenvalue weighted by Gasteiger charge is 2.11. The Morgan fingerprint density at radius 1 is 1.39 bits per heavy atom. The summed E-state index contributed by atoms with van der Waals surface area (Å²) in [6.07, 6.45) is 4.51. The van der Waals surface area contributed by atoms with E-state index < -0.39 is 0 Å². The summed E-state index contributed by atoms with van der Waals surface area (Å²) in [6, 6.07) is 5.83. The standard InChI is InChI=1S/C13H10ClFN2O/c1-17-8-11(14)13(16-17)12(18)7-4-9-2-5-10(15)6-3-9/h2-8H,1H3. The van der Waals surface area contributed by atoms with E-state index in [0.29, 0.717) is 5.02 Å². The third-order valence-corrected chi connectivity index (χ3v) is 2.59. The first-order valence-corrected chi connectivity index (χ1v) is 5.61. The van der Waals surface area contributed by atoms with Crippen molar-refractivity contribution in [1.82, 2.24) is 9.78 Å². The lowest BCUT2D eigenvalue weighted by atomic mass is 10.2. The Balaban J connectivity index is 2.16. The third-order valence-electron chi connectivity index (χ3n) is 2.31. The molecule has 0 N–H and O–H groups in total. The second kappa shape index (κ2) is 5.14. The van der Waals surface area contributed by atoms with Crippen LogP contribution in [-0.2, 0) is 7.05 Å². The first kappa shape index (κ1) is 12.5. The van der Waals surface area contributed by atoms with E-state index in [4.69, 9.17) is 11.6 Å². The molecule has 3 nitrogen and oxygen atoms in total. The normalized spacial score (nSPS) is 11.1. The van der Waals surface area contributed by atoms with Gasteiger partial charge in [-0.2, -0.15) is 5.10 Å². The number of hydrogen-bond acceptors (Lipinski definition) is 2. The van der Waals surface area contributed by atoms with Crippen LogP contribution in [0.3, 0.4) is 0 Å². The zero-order valence-electron chi connectivity index (χ0n) is 9.60. The van der Waals surface area contributed by atoms with Crippen LogP contribution in [0.4, 0.5) is 4.39 Å². The van der Waals surface area contributed by atoms with Gasteiger partial charge in [0, 0.05) is 13.2 Å². The van der Waals surface area contributed by atoms with Crippen molar-refractivity contribution in [2.45, 2.75) is 0 Å². The molecule has 0 saturated carbocycles. The highest BCUT2D eigenvalue weighted by atomic mass is 35.5. The molecule has 0 aliphatic rings. The lowest BCUT2D eigenvalue weighted by Gasteiger charge is -1.93. The largest absolute Gasteiger partial charge is 0.287 e. The first-order valence-electron chi connectivity index (χ1n) is 5.23. The van der Waals surface area contributed by atoms with Crippen molar-refractivity contribution in [3.8, 4) is 0 Å². The van der Waals surface area contributed by atoms with Crippen LogP contribution in [0.1, 0.15) is 16.1 Å². The molecule has 0 radical (unpaired) electrons. The van der Waals surface area contributed by atoms with E-state index in [1.165, 1.54) is 22.9 Å². The summed E-state index contributed by atoms with van der Waals surface area (Å²) >= 11 is 5.85. The highest BCUT2D eigenvalue weighted by Crippen LogP contribution is 2.14. The van der Waals surface area contributed by atoms with Gasteiger partial charge in [-0.05, 0) is 23.8 Å². The zero-order chi connectivity index (χ0) is 13.1. The smallest absolute Gasteiger partial charge is 0.207 e. The van der Waals surface area contributed by atoms with Crippen molar-refractivity contribution < 1.29 is 9.18 Å². The fourth-order valence-electron chi connectivity index (χ4n) is 1.45. The summed E-state index contributed by atoms with van der Waals surface area (Å²) in [6.45, 7) is 0. The molecule has 0 amide bonds. The van der Waals surface area contributed by atoms with Gasteiger partial charge >= 0.3 is 0 Å². The molecule has 1 heterocycles. The Hall–Kier alpha value is -1.94. The van der Waals surface area contributed by atoms with Gasteiger partial charge in [-0.3, -0.25) is 9.48 Å². The number of carbonyl (C=O) groups is 1. The summed E-state index contributed by atoms with van der Waals surface area (Å²) in [5, 5.41) is 4.27. The van der Waals surface area contributed by atoms with Crippen LogP contribution < -0.4 is 0 Å². The average molecular weight is 265 g/mol. The number of benzene rings is 1. The van der Waals surface area contributed by atoms with Crippen LogP contribution in [-0.4, -0.2) is 15.6 Å². The Morgan fingerprint density at radius 3 is 2.61 bits per heavy atom. The Morgan fingerprint density at radius 2 is 2.06 bits per heavy atom. The highest BCUT2D eigenvalue weighted by molar-refractivity contribution is 6.34. The molecule has 1 aromatic carbocycles. The number of nitrogens with zero attached hydrogens (tertiary/aromatic N) is 2. The fourth-order valence-corrected chi connectivity index (χ4v) is 1.72. The minimum absolute atomic E-state index is 0.206. The first-order chi connectivity index (χ1) is 8.56. The van der Waals surface area contributed by atoms with Crippen LogP contribution >= 0.6 is 11.6 Å². The predicted octanol–water partition coefficient (Wildman–Crippen LogP) is 3.11. The average Bonchev–Trinajstić information content (AvgIpc) is 2.67.